The first-order valence-corrected chi connectivity index (χ1v) is 12.5. The number of carbonyl (C=O) groups is 2. The van der Waals surface area contributed by atoms with Crippen LogP contribution in [0, 0.1) is 0 Å². The number of rotatable bonds is 9. The molecule has 38 heavy (non-hydrogen) atoms. The Morgan fingerprint density at radius 1 is 0.974 bits per heavy atom. The molecule has 0 radical (unpaired) electrons. The van der Waals surface area contributed by atoms with Gasteiger partial charge in [-0.15, -0.1) is 0 Å². The van der Waals surface area contributed by atoms with Crippen molar-refractivity contribution in [3.63, 3.8) is 0 Å². The summed E-state index contributed by atoms with van der Waals surface area (Å²) in [5.74, 6) is 0.234. The van der Waals surface area contributed by atoms with E-state index >= 15 is 0 Å². The number of hydrazone groups is 1. The van der Waals surface area contributed by atoms with Gasteiger partial charge in [0.05, 0.1) is 23.4 Å². The molecule has 0 aliphatic carbocycles. The average molecular weight is 551 g/mol. The molecule has 0 aliphatic heterocycles. The van der Waals surface area contributed by atoms with E-state index in [1.807, 2.05) is 37.3 Å². The summed E-state index contributed by atoms with van der Waals surface area (Å²) in [5, 5.41) is 6.54. The first-order valence-electron chi connectivity index (χ1n) is 11.8. The smallest absolute Gasteiger partial charge is 0.343 e. The Hall–Kier alpha value is -4.07. The fraction of sp³-hybridized carbons (Fsp3) is 0.138. The van der Waals surface area contributed by atoms with E-state index in [-0.39, 0.29) is 10.8 Å². The van der Waals surface area contributed by atoms with E-state index in [2.05, 4.69) is 10.5 Å². The van der Waals surface area contributed by atoms with Crippen LogP contribution < -0.4 is 19.6 Å². The van der Waals surface area contributed by atoms with E-state index < -0.39 is 18.0 Å². The molecule has 0 unspecified atom stereocenters. The largest absolute Gasteiger partial charge is 0.494 e. The Bertz CT molecular complexity index is 1490. The normalized spacial score (nSPS) is 11.8. The zero-order valence-electron chi connectivity index (χ0n) is 20.6. The van der Waals surface area contributed by atoms with Crippen molar-refractivity contribution in [1.82, 2.24) is 5.43 Å². The van der Waals surface area contributed by atoms with Gasteiger partial charge in [-0.1, -0.05) is 53.5 Å². The summed E-state index contributed by atoms with van der Waals surface area (Å²) >= 11 is 12.0. The highest BCUT2D eigenvalue weighted by Gasteiger charge is 2.17. The molecule has 0 saturated heterocycles. The van der Waals surface area contributed by atoms with Crippen molar-refractivity contribution in [3.05, 3.63) is 100 Å². The highest BCUT2D eigenvalue weighted by atomic mass is 35.5. The molecular formula is C29H24Cl2N2O5. The summed E-state index contributed by atoms with van der Waals surface area (Å²) in [7, 11) is 0. The minimum Gasteiger partial charge on any atom is -0.494 e. The van der Waals surface area contributed by atoms with Crippen molar-refractivity contribution in [2.24, 2.45) is 5.10 Å². The van der Waals surface area contributed by atoms with Crippen LogP contribution in [0.1, 0.15) is 29.8 Å². The van der Waals surface area contributed by atoms with Gasteiger partial charge in [0.2, 0.25) is 0 Å². The summed E-state index contributed by atoms with van der Waals surface area (Å²) in [6.45, 7) is 3.98. The average Bonchev–Trinajstić information content (AvgIpc) is 2.91. The summed E-state index contributed by atoms with van der Waals surface area (Å²) < 4.78 is 16.8. The van der Waals surface area contributed by atoms with E-state index in [9.17, 15) is 9.59 Å². The Balaban J connectivity index is 1.51. The van der Waals surface area contributed by atoms with E-state index in [0.29, 0.717) is 34.3 Å². The molecule has 1 amide bonds. The maximum Gasteiger partial charge on any atom is 0.343 e. The third-order valence-electron chi connectivity index (χ3n) is 5.47. The van der Waals surface area contributed by atoms with Crippen molar-refractivity contribution in [1.29, 1.82) is 0 Å². The van der Waals surface area contributed by atoms with Gasteiger partial charge in [0, 0.05) is 10.6 Å². The summed E-state index contributed by atoms with van der Waals surface area (Å²) in [4.78, 5) is 25.4. The molecule has 4 aromatic carbocycles. The molecule has 0 saturated carbocycles. The number of carbonyl (C=O) groups excluding carboxylic acids is 2. The number of benzene rings is 4. The number of fused-ring (bicyclic) bond motifs is 1. The van der Waals surface area contributed by atoms with Crippen LogP contribution in [-0.4, -0.2) is 30.8 Å². The molecule has 1 N–H and O–H groups in total. The third kappa shape index (κ3) is 6.62. The Labute approximate surface area is 229 Å². The highest BCUT2D eigenvalue weighted by Crippen LogP contribution is 2.29. The lowest BCUT2D eigenvalue weighted by atomic mass is 10.0. The van der Waals surface area contributed by atoms with E-state index in [4.69, 9.17) is 37.4 Å². The SMILES string of the molecule is CCOc1ccc(C(=O)Oc2ccc3ccccc3c2/C=N\NC(=O)[C@@H](C)Oc2ccc(Cl)cc2Cl)cc1. The van der Waals surface area contributed by atoms with Gasteiger partial charge in [-0.3, -0.25) is 4.79 Å². The van der Waals surface area contributed by atoms with E-state index in [0.717, 1.165) is 10.8 Å². The molecule has 0 heterocycles. The number of hydrogen-bond acceptors (Lipinski definition) is 6. The number of amides is 1. The second-order valence-corrected chi connectivity index (χ2v) is 8.96. The quantitative estimate of drug-likeness (QED) is 0.109. The first-order chi connectivity index (χ1) is 18.4. The molecule has 194 valence electrons. The predicted molar refractivity (Wildman–Crippen MR) is 149 cm³/mol. The Kier molecular flexibility index (Phi) is 8.84. The van der Waals surface area contributed by atoms with Crippen LogP contribution in [0.3, 0.4) is 0 Å². The minimum absolute atomic E-state index is 0.287. The van der Waals surface area contributed by atoms with Gasteiger partial charge < -0.3 is 14.2 Å². The van der Waals surface area contributed by atoms with Crippen LogP contribution in [0.4, 0.5) is 0 Å². The van der Waals surface area contributed by atoms with Gasteiger partial charge in [0.1, 0.15) is 17.2 Å². The molecule has 7 nitrogen and oxygen atoms in total. The molecule has 0 bridgehead atoms. The van der Waals surface area contributed by atoms with Gasteiger partial charge in [-0.2, -0.15) is 5.10 Å². The lowest BCUT2D eigenvalue weighted by Crippen LogP contribution is -2.33. The van der Waals surface area contributed by atoms with Gasteiger partial charge in [-0.05, 0) is 73.2 Å². The predicted octanol–water partition coefficient (Wildman–Crippen LogP) is 6.68. The van der Waals surface area contributed by atoms with Crippen molar-refractivity contribution >= 4 is 52.1 Å². The number of halogens is 2. The van der Waals surface area contributed by atoms with Gasteiger partial charge in [0.25, 0.3) is 5.91 Å². The third-order valence-corrected chi connectivity index (χ3v) is 6.00. The summed E-state index contributed by atoms with van der Waals surface area (Å²) in [6.07, 6.45) is 0.540. The summed E-state index contributed by atoms with van der Waals surface area (Å²) in [5.41, 5.74) is 3.35. The van der Waals surface area contributed by atoms with Crippen LogP contribution in [0.15, 0.2) is 84.0 Å². The molecule has 9 heteroatoms. The Morgan fingerprint density at radius 3 is 2.45 bits per heavy atom. The zero-order chi connectivity index (χ0) is 27.1. The Morgan fingerprint density at radius 2 is 1.71 bits per heavy atom. The number of ether oxygens (including phenoxy) is 3. The van der Waals surface area contributed by atoms with Crippen LogP contribution in [0.5, 0.6) is 17.2 Å². The zero-order valence-corrected chi connectivity index (χ0v) is 22.1. The number of nitrogens with zero attached hydrogens (tertiary/aromatic N) is 1. The van der Waals surface area contributed by atoms with Crippen molar-refractivity contribution in [2.45, 2.75) is 20.0 Å². The lowest BCUT2D eigenvalue weighted by molar-refractivity contribution is -0.127. The fourth-order valence-corrected chi connectivity index (χ4v) is 4.03. The van der Waals surface area contributed by atoms with Crippen molar-refractivity contribution in [2.75, 3.05) is 6.61 Å². The molecule has 0 aromatic heterocycles. The summed E-state index contributed by atoms with van der Waals surface area (Å²) in [6, 6.07) is 22.5. The molecule has 0 aliphatic rings. The van der Waals surface area contributed by atoms with Crippen molar-refractivity contribution < 1.29 is 23.8 Å². The van der Waals surface area contributed by atoms with E-state index in [1.54, 1.807) is 49.4 Å². The van der Waals surface area contributed by atoms with Gasteiger partial charge in [-0.25, -0.2) is 10.2 Å². The molecule has 0 spiro atoms. The van der Waals surface area contributed by atoms with Crippen LogP contribution in [-0.2, 0) is 4.79 Å². The number of esters is 1. The molecule has 4 rings (SSSR count). The lowest BCUT2D eigenvalue weighted by Gasteiger charge is -2.14. The van der Waals surface area contributed by atoms with Gasteiger partial charge in [0.15, 0.2) is 6.10 Å². The monoisotopic (exact) mass is 550 g/mol. The fourth-order valence-electron chi connectivity index (χ4n) is 3.58. The molecular weight excluding hydrogens is 527 g/mol. The molecule has 4 aromatic rings. The maximum absolute atomic E-state index is 12.9. The van der Waals surface area contributed by atoms with E-state index in [1.165, 1.54) is 12.3 Å². The number of nitrogens with one attached hydrogen (secondary N) is 1. The van der Waals surface area contributed by atoms with Crippen LogP contribution >= 0.6 is 23.2 Å². The first kappa shape index (κ1) is 27.0. The molecule has 1 atom stereocenters. The molecule has 0 fully saturated rings. The van der Waals surface area contributed by atoms with Gasteiger partial charge >= 0.3 is 5.97 Å². The second-order valence-electron chi connectivity index (χ2n) is 8.11. The standard InChI is InChI=1S/C29H24Cl2N2O5/c1-3-36-22-12-8-20(9-13-22)29(35)38-26-14-10-19-6-4-5-7-23(19)24(26)17-32-33-28(34)18(2)37-27-15-11-21(30)16-25(27)31/h4-18H,3H2,1-2H3,(H,33,34)/b32-17-/t18-/m1/s1. The van der Waals surface area contributed by atoms with Crippen LogP contribution in [0.2, 0.25) is 10.0 Å². The second kappa shape index (κ2) is 12.4. The van der Waals surface area contributed by atoms with Crippen molar-refractivity contribution in [3.8, 4) is 17.2 Å². The number of hydrogen-bond donors (Lipinski definition) is 1. The highest BCUT2D eigenvalue weighted by molar-refractivity contribution is 6.35. The van der Waals surface area contributed by atoms with Crippen LogP contribution in [0.25, 0.3) is 10.8 Å². The minimum atomic E-state index is -0.893. The maximum atomic E-state index is 12.9. The topological polar surface area (TPSA) is 86.2 Å².